The molecule has 22 heavy (non-hydrogen) atoms. The van der Waals surface area contributed by atoms with Crippen LogP contribution in [0.5, 0.6) is 0 Å². The van der Waals surface area contributed by atoms with Crippen molar-refractivity contribution < 1.29 is 33.3 Å². The molecule has 0 saturated heterocycles. The third kappa shape index (κ3) is 31.3. The Morgan fingerprint density at radius 1 is 0.818 bits per heavy atom. The second kappa shape index (κ2) is 19.9. The van der Waals surface area contributed by atoms with Crippen molar-refractivity contribution in [2.45, 2.75) is 33.8 Å². The van der Waals surface area contributed by atoms with Crippen molar-refractivity contribution >= 4 is 17.3 Å². The Hall–Kier alpha value is -1.15. The second-order valence-corrected chi connectivity index (χ2v) is 4.37. The van der Waals surface area contributed by atoms with Crippen LogP contribution in [0.3, 0.4) is 0 Å². The standard InChI is InChI=1S/C6H12O3.C5H10O2.C4H8O2/c1-6(7)5-9-4-3-8-2;1-4(6)5(2)7-3;1-4(5)3-6-2/h3-5H2,1-2H3;5H,1-3H3;3H2,1-2H3. The van der Waals surface area contributed by atoms with Crippen molar-refractivity contribution in [3.05, 3.63) is 0 Å². The van der Waals surface area contributed by atoms with Crippen molar-refractivity contribution in [1.29, 1.82) is 0 Å². The lowest BCUT2D eigenvalue weighted by Gasteiger charge is -2.00. The zero-order valence-corrected chi connectivity index (χ0v) is 14.8. The molecule has 0 aromatic rings. The minimum Gasteiger partial charge on any atom is -0.382 e. The average Bonchev–Trinajstić information content (AvgIpc) is 2.43. The maximum atomic E-state index is 10.2. The van der Waals surface area contributed by atoms with E-state index in [9.17, 15) is 14.4 Å². The van der Waals surface area contributed by atoms with Gasteiger partial charge in [-0.25, -0.2) is 0 Å². The van der Waals surface area contributed by atoms with Gasteiger partial charge < -0.3 is 18.9 Å². The van der Waals surface area contributed by atoms with Gasteiger partial charge in [0.2, 0.25) is 0 Å². The molecule has 0 bridgehead atoms. The molecule has 0 aliphatic heterocycles. The smallest absolute Gasteiger partial charge is 0.158 e. The molecule has 132 valence electrons. The summed E-state index contributed by atoms with van der Waals surface area (Å²) >= 11 is 0. The molecule has 0 N–H and O–H groups in total. The van der Waals surface area contributed by atoms with Crippen LogP contribution in [-0.2, 0) is 33.3 Å². The van der Waals surface area contributed by atoms with Gasteiger partial charge in [0.05, 0.1) is 13.2 Å². The van der Waals surface area contributed by atoms with Crippen LogP contribution in [0.1, 0.15) is 27.7 Å². The van der Waals surface area contributed by atoms with Crippen molar-refractivity contribution in [3.8, 4) is 0 Å². The molecule has 1 atom stereocenters. The maximum Gasteiger partial charge on any atom is 0.158 e. The summed E-state index contributed by atoms with van der Waals surface area (Å²) in [4.78, 5) is 30.4. The number of methoxy groups -OCH3 is 3. The molecule has 0 aromatic heterocycles. The van der Waals surface area contributed by atoms with Gasteiger partial charge in [-0.2, -0.15) is 0 Å². The Balaban J connectivity index is -0.000000252. The van der Waals surface area contributed by atoms with Crippen molar-refractivity contribution in [2.75, 3.05) is 47.8 Å². The number of carbonyl (C=O) groups is 3. The van der Waals surface area contributed by atoms with Crippen molar-refractivity contribution in [3.63, 3.8) is 0 Å². The zero-order chi connectivity index (χ0) is 18.0. The Morgan fingerprint density at radius 2 is 1.32 bits per heavy atom. The summed E-state index contributed by atoms with van der Waals surface area (Å²) in [7, 11) is 4.62. The van der Waals surface area contributed by atoms with Crippen molar-refractivity contribution in [1.82, 2.24) is 0 Å². The lowest BCUT2D eigenvalue weighted by Crippen LogP contribution is -2.14. The van der Waals surface area contributed by atoms with Crippen molar-refractivity contribution in [2.24, 2.45) is 0 Å². The largest absolute Gasteiger partial charge is 0.382 e. The van der Waals surface area contributed by atoms with Gasteiger partial charge in [-0.3, -0.25) is 14.4 Å². The number of ether oxygens (including phenoxy) is 4. The van der Waals surface area contributed by atoms with Crippen LogP contribution in [0.4, 0.5) is 0 Å². The van der Waals surface area contributed by atoms with Gasteiger partial charge >= 0.3 is 0 Å². The fourth-order valence-corrected chi connectivity index (χ4v) is 0.727. The van der Waals surface area contributed by atoms with E-state index in [2.05, 4.69) is 14.2 Å². The number of ketones is 3. The second-order valence-electron chi connectivity index (χ2n) is 4.37. The molecule has 7 heteroatoms. The minimum absolute atomic E-state index is 0.0473. The van der Waals surface area contributed by atoms with Crippen LogP contribution in [0.25, 0.3) is 0 Å². The first-order valence-corrected chi connectivity index (χ1v) is 6.80. The first-order valence-electron chi connectivity index (χ1n) is 6.80. The van der Waals surface area contributed by atoms with E-state index in [4.69, 9.17) is 4.74 Å². The highest BCUT2D eigenvalue weighted by atomic mass is 16.5. The molecule has 0 spiro atoms. The molecule has 0 rings (SSSR count). The van der Waals surface area contributed by atoms with E-state index >= 15 is 0 Å². The van der Waals surface area contributed by atoms with E-state index in [1.807, 2.05) is 0 Å². The summed E-state index contributed by atoms with van der Waals surface area (Å²) in [5.74, 6) is 0.186. The number of carbonyl (C=O) groups excluding carboxylic acids is 3. The lowest BCUT2D eigenvalue weighted by atomic mass is 10.3. The highest BCUT2D eigenvalue weighted by molar-refractivity contribution is 5.79. The van der Waals surface area contributed by atoms with Crippen LogP contribution < -0.4 is 0 Å². The van der Waals surface area contributed by atoms with E-state index in [0.717, 1.165) is 0 Å². The summed E-state index contributed by atoms with van der Waals surface area (Å²) in [6.45, 7) is 7.69. The number of hydrogen-bond donors (Lipinski definition) is 0. The van der Waals surface area contributed by atoms with Gasteiger partial charge in [0.1, 0.15) is 19.3 Å². The Labute approximate surface area is 133 Å². The van der Waals surface area contributed by atoms with Crippen LogP contribution >= 0.6 is 0 Å². The highest BCUT2D eigenvalue weighted by Crippen LogP contribution is 1.85. The number of Topliss-reactive ketones (excluding diaryl/α,β-unsaturated/α-hetero) is 3. The van der Waals surface area contributed by atoms with Crippen LogP contribution in [0.2, 0.25) is 0 Å². The fraction of sp³-hybridized carbons (Fsp3) is 0.800. The molecule has 0 aromatic carbocycles. The molecule has 0 heterocycles. The molecule has 0 aliphatic rings. The highest BCUT2D eigenvalue weighted by Gasteiger charge is 2.01. The Bertz CT molecular complexity index is 290. The van der Waals surface area contributed by atoms with E-state index in [1.54, 1.807) is 14.0 Å². The third-order valence-corrected chi connectivity index (χ3v) is 2.01. The lowest BCUT2D eigenvalue weighted by molar-refractivity contribution is -0.125. The topological polar surface area (TPSA) is 88.1 Å². The SMILES string of the molecule is COC(C)C(C)=O.COCC(C)=O.COCCOCC(C)=O. The monoisotopic (exact) mass is 322 g/mol. The van der Waals surface area contributed by atoms with Gasteiger partial charge in [-0.15, -0.1) is 0 Å². The van der Waals surface area contributed by atoms with Crippen LogP contribution in [0, 0.1) is 0 Å². The quantitative estimate of drug-likeness (QED) is 0.587. The van der Waals surface area contributed by atoms with Gasteiger partial charge in [-0.05, 0) is 27.7 Å². The van der Waals surface area contributed by atoms with Gasteiger partial charge in [0.15, 0.2) is 17.3 Å². The number of hydrogen-bond acceptors (Lipinski definition) is 7. The summed E-state index contributed by atoms with van der Waals surface area (Å²) in [5.41, 5.74) is 0. The molecular weight excluding hydrogens is 292 g/mol. The minimum atomic E-state index is -0.236. The zero-order valence-electron chi connectivity index (χ0n) is 14.8. The summed E-state index contributed by atoms with van der Waals surface area (Å²) in [5, 5.41) is 0. The maximum absolute atomic E-state index is 10.2. The molecule has 0 fully saturated rings. The van der Waals surface area contributed by atoms with Gasteiger partial charge in [0.25, 0.3) is 0 Å². The first kappa shape index (κ1) is 25.8. The van der Waals surface area contributed by atoms with Crippen LogP contribution in [0.15, 0.2) is 0 Å². The van der Waals surface area contributed by atoms with E-state index in [0.29, 0.717) is 13.2 Å². The van der Waals surface area contributed by atoms with Crippen LogP contribution in [-0.4, -0.2) is 71.2 Å². The predicted octanol–water partition coefficient (Wildman–Crippen LogP) is 1.07. The molecule has 0 radical (unpaired) electrons. The normalized spacial score (nSPS) is 10.5. The van der Waals surface area contributed by atoms with Gasteiger partial charge in [-0.1, -0.05) is 0 Å². The Morgan fingerprint density at radius 3 is 1.50 bits per heavy atom. The molecule has 0 aliphatic carbocycles. The molecule has 0 saturated carbocycles. The summed E-state index contributed by atoms with van der Waals surface area (Å²) < 4.78 is 18.7. The predicted molar refractivity (Wildman–Crippen MR) is 83.1 cm³/mol. The number of rotatable bonds is 9. The Kier molecular flexibility index (Phi) is 23.3. The fourth-order valence-electron chi connectivity index (χ4n) is 0.727. The van der Waals surface area contributed by atoms with E-state index in [1.165, 1.54) is 35.0 Å². The molecule has 0 amide bonds. The van der Waals surface area contributed by atoms with E-state index < -0.39 is 0 Å². The molecular formula is C15H30O7. The average molecular weight is 322 g/mol. The summed E-state index contributed by atoms with van der Waals surface area (Å²) in [6, 6.07) is 0. The van der Waals surface area contributed by atoms with E-state index in [-0.39, 0.29) is 36.7 Å². The molecule has 1 unspecified atom stereocenters. The first-order chi connectivity index (χ1) is 10.2. The van der Waals surface area contributed by atoms with Gasteiger partial charge in [0, 0.05) is 21.3 Å². The third-order valence-electron chi connectivity index (χ3n) is 2.01. The molecule has 7 nitrogen and oxygen atoms in total. The summed E-state index contributed by atoms with van der Waals surface area (Å²) in [6.07, 6.45) is -0.236.